The Balaban J connectivity index is 2.20. The summed E-state index contributed by atoms with van der Waals surface area (Å²) in [5.74, 6) is 0.413. The zero-order valence-electron chi connectivity index (χ0n) is 14.7. The van der Waals surface area contributed by atoms with Gasteiger partial charge in [0, 0.05) is 29.1 Å². The molecule has 0 saturated carbocycles. The van der Waals surface area contributed by atoms with Crippen molar-refractivity contribution in [3.8, 4) is 11.1 Å². The molecule has 0 unspecified atom stereocenters. The molecule has 3 rings (SSSR count). The Labute approximate surface area is 161 Å². The van der Waals surface area contributed by atoms with Gasteiger partial charge in [-0.25, -0.2) is 9.98 Å². The van der Waals surface area contributed by atoms with Gasteiger partial charge in [0.1, 0.15) is 10.7 Å². The number of carbonyl (C=O) groups is 1. The third-order valence-electron chi connectivity index (χ3n) is 3.75. The number of rotatable bonds is 3. The number of fused-ring (bicyclic) bond motifs is 1. The summed E-state index contributed by atoms with van der Waals surface area (Å²) in [6, 6.07) is 11.7. The van der Waals surface area contributed by atoms with E-state index < -0.39 is 0 Å². The highest BCUT2D eigenvalue weighted by Crippen LogP contribution is 2.42. The van der Waals surface area contributed by atoms with E-state index in [0.29, 0.717) is 10.9 Å². The summed E-state index contributed by atoms with van der Waals surface area (Å²) in [6.45, 7) is 5.18. The summed E-state index contributed by atoms with van der Waals surface area (Å²) in [6.07, 6.45) is 3.73. The molecule has 0 saturated heterocycles. The maximum Gasteiger partial charge on any atom is 0.222 e. The smallest absolute Gasteiger partial charge is 0.222 e. The highest BCUT2D eigenvalue weighted by molar-refractivity contribution is 7.20. The molecule has 6 heteroatoms. The van der Waals surface area contributed by atoms with Crippen molar-refractivity contribution in [1.82, 2.24) is 10.3 Å². The SMILES string of the molecule is C/C=C(\N=C(/C)NC(C)=O)c1sc2ncccc2c1-c1ccc(Cl)cc1. The van der Waals surface area contributed by atoms with Gasteiger partial charge < -0.3 is 5.32 Å². The molecule has 0 spiro atoms. The van der Waals surface area contributed by atoms with E-state index in [1.54, 1.807) is 24.5 Å². The van der Waals surface area contributed by atoms with Crippen molar-refractivity contribution in [2.75, 3.05) is 0 Å². The number of aliphatic imine (C=N–C) groups is 1. The van der Waals surface area contributed by atoms with Crippen LogP contribution in [0.25, 0.3) is 27.0 Å². The number of nitrogens with one attached hydrogen (secondary N) is 1. The fraction of sp³-hybridized carbons (Fsp3) is 0.150. The second kappa shape index (κ2) is 7.81. The van der Waals surface area contributed by atoms with E-state index in [-0.39, 0.29) is 5.91 Å². The molecule has 1 aromatic carbocycles. The van der Waals surface area contributed by atoms with Crippen LogP contribution in [0.5, 0.6) is 0 Å². The van der Waals surface area contributed by atoms with Crippen LogP contribution in [0, 0.1) is 0 Å². The fourth-order valence-electron chi connectivity index (χ4n) is 2.73. The highest BCUT2D eigenvalue weighted by Gasteiger charge is 2.17. The number of nitrogens with zero attached hydrogens (tertiary/aromatic N) is 2. The summed E-state index contributed by atoms with van der Waals surface area (Å²) in [5, 5.41) is 4.48. The largest absolute Gasteiger partial charge is 0.315 e. The van der Waals surface area contributed by atoms with Gasteiger partial charge in [0.25, 0.3) is 0 Å². The Hall–Kier alpha value is -2.50. The summed E-state index contributed by atoms with van der Waals surface area (Å²) < 4.78 is 0. The molecule has 1 N–H and O–H groups in total. The number of amides is 1. The lowest BCUT2D eigenvalue weighted by Crippen LogP contribution is -2.25. The van der Waals surface area contributed by atoms with Crippen LogP contribution in [0.2, 0.25) is 5.02 Å². The molecule has 0 atom stereocenters. The Morgan fingerprint density at radius 3 is 2.62 bits per heavy atom. The zero-order valence-corrected chi connectivity index (χ0v) is 16.3. The molecule has 0 fully saturated rings. The van der Waals surface area contributed by atoms with E-state index in [1.807, 2.05) is 43.3 Å². The predicted octanol–water partition coefficient (Wildman–Crippen LogP) is 5.53. The van der Waals surface area contributed by atoms with E-state index in [4.69, 9.17) is 11.6 Å². The van der Waals surface area contributed by atoms with Gasteiger partial charge in [-0.15, -0.1) is 11.3 Å². The first-order valence-corrected chi connectivity index (χ1v) is 9.32. The van der Waals surface area contributed by atoms with E-state index in [2.05, 4.69) is 21.4 Å². The van der Waals surface area contributed by atoms with E-state index in [0.717, 1.165) is 31.9 Å². The number of aromatic nitrogens is 1. The van der Waals surface area contributed by atoms with Gasteiger partial charge in [0.2, 0.25) is 5.91 Å². The average Bonchev–Trinajstić information content (AvgIpc) is 2.99. The van der Waals surface area contributed by atoms with Crippen LogP contribution < -0.4 is 5.32 Å². The van der Waals surface area contributed by atoms with Crippen LogP contribution in [-0.2, 0) is 4.79 Å². The normalized spacial score (nSPS) is 12.5. The van der Waals surface area contributed by atoms with E-state index >= 15 is 0 Å². The van der Waals surface area contributed by atoms with Crippen LogP contribution in [0.1, 0.15) is 25.6 Å². The minimum atomic E-state index is -0.141. The first-order chi connectivity index (χ1) is 12.5. The molecular weight excluding hydrogens is 366 g/mol. The molecule has 4 nitrogen and oxygen atoms in total. The van der Waals surface area contributed by atoms with Gasteiger partial charge in [-0.2, -0.15) is 0 Å². The topological polar surface area (TPSA) is 54.4 Å². The molecule has 2 aromatic heterocycles. The van der Waals surface area contributed by atoms with Crippen molar-refractivity contribution in [2.45, 2.75) is 20.8 Å². The molecule has 132 valence electrons. The van der Waals surface area contributed by atoms with Crippen molar-refractivity contribution >= 4 is 50.6 Å². The number of hydrogen-bond acceptors (Lipinski definition) is 4. The third kappa shape index (κ3) is 3.84. The van der Waals surface area contributed by atoms with Gasteiger partial charge in [0.15, 0.2) is 0 Å². The summed E-state index contributed by atoms with van der Waals surface area (Å²) in [5.41, 5.74) is 2.92. The van der Waals surface area contributed by atoms with Crippen LogP contribution in [0.4, 0.5) is 0 Å². The number of amidine groups is 1. The monoisotopic (exact) mass is 383 g/mol. The molecular formula is C20H18ClN3OS. The summed E-state index contributed by atoms with van der Waals surface area (Å²) in [7, 11) is 0. The van der Waals surface area contributed by atoms with Crippen molar-refractivity contribution in [2.24, 2.45) is 4.99 Å². The lowest BCUT2D eigenvalue weighted by molar-refractivity contribution is -0.117. The number of allylic oxidation sites excluding steroid dienone is 1. The van der Waals surface area contributed by atoms with Crippen LogP contribution in [0.3, 0.4) is 0 Å². The van der Waals surface area contributed by atoms with Crippen LogP contribution in [0.15, 0.2) is 53.7 Å². The zero-order chi connectivity index (χ0) is 18.7. The second-order valence-corrected chi connectivity index (χ2v) is 7.16. The second-order valence-electron chi connectivity index (χ2n) is 5.72. The van der Waals surface area contributed by atoms with Gasteiger partial charge in [-0.1, -0.05) is 29.8 Å². The number of benzene rings is 1. The molecule has 1 amide bonds. The van der Waals surface area contributed by atoms with Crippen LogP contribution >= 0.6 is 22.9 Å². The van der Waals surface area contributed by atoms with Gasteiger partial charge in [0.05, 0.1) is 10.6 Å². The van der Waals surface area contributed by atoms with Crippen molar-refractivity contribution in [3.63, 3.8) is 0 Å². The Kier molecular flexibility index (Phi) is 5.49. The standard InChI is InChI=1S/C20H18ClN3OS/c1-4-17(24-12(2)23-13(3)25)19-18(14-7-9-15(21)10-8-14)16-6-5-11-22-20(16)26-19/h4-11H,1-3H3,(H,23,24,25)/b17-4-. The highest BCUT2D eigenvalue weighted by atomic mass is 35.5. The molecule has 3 aromatic rings. The van der Waals surface area contributed by atoms with Crippen molar-refractivity contribution in [3.05, 3.63) is 58.6 Å². The summed E-state index contributed by atoms with van der Waals surface area (Å²) >= 11 is 7.64. The maximum atomic E-state index is 11.3. The quantitative estimate of drug-likeness (QED) is 0.477. The van der Waals surface area contributed by atoms with E-state index in [9.17, 15) is 4.79 Å². The van der Waals surface area contributed by atoms with Gasteiger partial charge >= 0.3 is 0 Å². The first kappa shape index (κ1) is 18.3. The van der Waals surface area contributed by atoms with E-state index in [1.165, 1.54) is 6.92 Å². The minimum Gasteiger partial charge on any atom is -0.315 e. The lowest BCUT2D eigenvalue weighted by Gasteiger charge is -2.08. The Morgan fingerprint density at radius 2 is 1.96 bits per heavy atom. The lowest BCUT2D eigenvalue weighted by atomic mass is 10.0. The number of carbonyl (C=O) groups excluding carboxylic acids is 1. The molecule has 0 bridgehead atoms. The maximum absolute atomic E-state index is 11.3. The number of hydrogen-bond donors (Lipinski definition) is 1. The average molecular weight is 384 g/mol. The van der Waals surface area contributed by atoms with Crippen molar-refractivity contribution < 1.29 is 4.79 Å². The number of thiophene rings is 1. The number of halogens is 1. The number of pyridine rings is 1. The fourth-order valence-corrected chi connectivity index (χ4v) is 4.04. The Bertz CT molecular complexity index is 1020. The summed E-state index contributed by atoms with van der Waals surface area (Å²) in [4.78, 5) is 22.3. The molecule has 0 aliphatic heterocycles. The molecule has 0 radical (unpaired) electrons. The minimum absolute atomic E-state index is 0.141. The molecule has 0 aliphatic rings. The van der Waals surface area contributed by atoms with Gasteiger partial charge in [-0.05, 0) is 43.7 Å². The third-order valence-corrected chi connectivity index (χ3v) is 5.14. The molecule has 2 heterocycles. The first-order valence-electron chi connectivity index (χ1n) is 8.12. The van der Waals surface area contributed by atoms with Crippen molar-refractivity contribution in [1.29, 1.82) is 0 Å². The Morgan fingerprint density at radius 1 is 1.23 bits per heavy atom. The predicted molar refractivity (Wildman–Crippen MR) is 111 cm³/mol. The molecule has 26 heavy (non-hydrogen) atoms. The molecule has 0 aliphatic carbocycles. The van der Waals surface area contributed by atoms with Gasteiger partial charge in [-0.3, -0.25) is 4.79 Å². The van der Waals surface area contributed by atoms with Crippen LogP contribution in [-0.4, -0.2) is 16.7 Å².